The first-order valence-corrected chi connectivity index (χ1v) is 5.28. The fourth-order valence-electron chi connectivity index (χ4n) is 1.43. The Morgan fingerprint density at radius 3 is 2.46 bits per heavy atom. The van der Waals surface area contributed by atoms with Crippen molar-refractivity contribution in [1.29, 1.82) is 0 Å². The second-order valence-electron chi connectivity index (χ2n) is 4.22. The summed E-state index contributed by atoms with van der Waals surface area (Å²) < 4.78 is 11.1. The number of hydrogen-bond acceptors (Lipinski definition) is 2. The standard InChI is InChI=1S/C10H19ClO2/c1-5-10(2,3)13-8-6-7(11)9(8)12-4/h7-9H,5-6H2,1-4H3. The average Bonchev–Trinajstić information content (AvgIpc) is 2.04. The lowest BCUT2D eigenvalue weighted by molar-refractivity contribution is -0.167. The zero-order valence-corrected chi connectivity index (χ0v) is 9.60. The molecular formula is C10H19ClO2. The smallest absolute Gasteiger partial charge is 0.0997 e. The van der Waals surface area contributed by atoms with Crippen molar-refractivity contribution in [3.63, 3.8) is 0 Å². The Balaban J connectivity index is 2.39. The molecule has 0 amide bonds. The first kappa shape index (κ1) is 11.3. The largest absolute Gasteiger partial charge is 0.377 e. The van der Waals surface area contributed by atoms with Gasteiger partial charge < -0.3 is 9.47 Å². The van der Waals surface area contributed by atoms with Crippen LogP contribution in [0, 0.1) is 0 Å². The van der Waals surface area contributed by atoms with Crippen LogP contribution >= 0.6 is 11.6 Å². The van der Waals surface area contributed by atoms with Crippen LogP contribution in [0.4, 0.5) is 0 Å². The molecule has 1 aliphatic rings. The molecule has 0 radical (unpaired) electrons. The van der Waals surface area contributed by atoms with Gasteiger partial charge in [0.25, 0.3) is 0 Å². The van der Waals surface area contributed by atoms with Gasteiger partial charge in [-0.05, 0) is 26.7 Å². The molecule has 3 atom stereocenters. The molecule has 78 valence electrons. The molecule has 0 aromatic rings. The maximum atomic E-state index is 5.98. The Hall–Kier alpha value is 0.210. The lowest BCUT2D eigenvalue weighted by Crippen LogP contribution is -2.53. The first-order valence-electron chi connectivity index (χ1n) is 4.85. The van der Waals surface area contributed by atoms with E-state index in [1.165, 1.54) is 0 Å². The van der Waals surface area contributed by atoms with E-state index in [2.05, 4.69) is 20.8 Å². The molecule has 3 unspecified atom stereocenters. The summed E-state index contributed by atoms with van der Waals surface area (Å²) in [6.07, 6.45) is 2.17. The number of hydrogen-bond donors (Lipinski definition) is 0. The van der Waals surface area contributed by atoms with Gasteiger partial charge in [0, 0.05) is 7.11 Å². The summed E-state index contributed by atoms with van der Waals surface area (Å²) in [6.45, 7) is 6.32. The second kappa shape index (κ2) is 4.16. The summed E-state index contributed by atoms with van der Waals surface area (Å²) >= 11 is 5.98. The highest BCUT2D eigenvalue weighted by Crippen LogP contribution is 2.34. The highest BCUT2D eigenvalue weighted by molar-refractivity contribution is 6.21. The minimum absolute atomic E-state index is 0.0571. The van der Waals surface area contributed by atoms with E-state index in [1.54, 1.807) is 7.11 Å². The Labute approximate surface area is 85.5 Å². The molecule has 0 bridgehead atoms. The number of halogens is 1. The average molecular weight is 207 g/mol. The predicted octanol–water partition coefficient (Wildman–Crippen LogP) is 2.59. The van der Waals surface area contributed by atoms with Crippen LogP contribution in [0.2, 0.25) is 0 Å². The summed E-state index contributed by atoms with van der Waals surface area (Å²) in [5.41, 5.74) is -0.0571. The molecule has 0 spiro atoms. The maximum Gasteiger partial charge on any atom is 0.0997 e. The van der Waals surface area contributed by atoms with Crippen molar-refractivity contribution in [3.8, 4) is 0 Å². The van der Waals surface area contributed by atoms with Gasteiger partial charge in [-0.1, -0.05) is 6.92 Å². The third-order valence-electron chi connectivity index (χ3n) is 2.77. The van der Waals surface area contributed by atoms with Gasteiger partial charge in [0.15, 0.2) is 0 Å². The van der Waals surface area contributed by atoms with Crippen LogP contribution in [0.15, 0.2) is 0 Å². The number of rotatable bonds is 4. The van der Waals surface area contributed by atoms with Crippen LogP contribution < -0.4 is 0 Å². The van der Waals surface area contributed by atoms with Crippen molar-refractivity contribution >= 4 is 11.6 Å². The zero-order chi connectivity index (χ0) is 10.1. The van der Waals surface area contributed by atoms with Gasteiger partial charge in [0.2, 0.25) is 0 Å². The quantitative estimate of drug-likeness (QED) is 0.659. The summed E-state index contributed by atoms with van der Waals surface area (Å²) in [4.78, 5) is 0. The van der Waals surface area contributed by atoms with Gasteiger partial charge in [-0.25, -0.2) is 0 Å². The number of ether oxygens (including phenoxy) is 2. The fourth-order valence-corrected chi connectivity index (χ4v) is 1.88. The van der Waals surface area contributed by atoms with E-state index in [9.17, 15) is 0 Å². The third kappa shape index (κ3) is 2.58. The lowest BCUT2D eigenvalue weighted by atomic mass is 9.90. The molecule has 0 heterocycles. The molecule has 0 N–H and O–H groups in total. The summed E-state index contributed by atoms with van der Waals surface area (Å²) in [5.74, 6) is 0. The fraction of sp³-hybridized carbons (Fsp3) is 1.00. The molecule has 3 heteroatoms. The minimum atomic E-state index is -0.0571. The Morgan fingerprint density at radius 1 is 1.46 bits per heavy atom. The predicted molar refractivity (Wildman–Crippen MR) is 54.3 cm³/mol. The second-order valence-corrected chi connectivity index (χ2v) is 4.78. The highest BCUT2D eigenvalue weighted by atomic mass is 35.5. The normalized spacial score (nSPS) is 34.4. The van der Waals surface area contributed by atoms with Crippen molar-refractivity contribution in [2.75, 3.05) is 7.11 Å². The van der Waals surface area contributed by atoms with Crippen LogP contribution in [0.3, 0.4) is 0 Å². The SMILES string of the molecule is CCC(C)(C)OC1CC(Cl)C1OC. The Bertz CT molecular complexity index is 170. The van der Waals surface area contributed by atoms with E-state index in [4.69, 9.17) is 21.1 Å². The van der Waals surface area contributed by atoms with Gasteiger partial charge in [-0.3, -0.25) is 0 Å². The van der Waals surface area contributed by atoms with E-state index in [0.717, 1.165) is 12.8 Å². The van der Waals surface area contributed by atoms with Crippen LogP contribution in [-0.4, -0.2) is 30.3 Å². The van der Waals surface area contributed by atoms with Crippen molar-refractivity contribution < 1.29 is 9.47 Å². The highest BCUT2D eigenvalue weighted by Gasteiger charge is 2.43. The van der Waals surface area contributed by atoms with Crippen molar-refractivity contribution in [1.82, 2.24) is 0 Å². The minimum Gasteiger partial charge on any atom is -0.377 e. The number of alkyl halides is 1. The van der Waals surface area contributed by atoms with Crippen LogP contribution in [0.25, 0.3) is 0 Å². The monoisotopic (exact) mass is 206 g/mol. The molecule has 1 rings (SSSR count). The van der Waals surface area contributed by atoms with Gasteiger partial charge >= 0.3 is 0 Å². The van der Waals surface area contributed by atoms with Crippen molar-refractivity contribution in [2.45, 2.75) is 56.8 Å². The van der Waals surface area contributed by atoms with Crippen LogP contribution in [0.1, 0.15) is 33.6 Å². The van der Waals surface area contributed by atoms with E-state index < -0.39 is 0 Å². The van der Waals surface area contributed by atoms with E-state index in [-0.39, 0.29) is 23.2 Å². The van der Waals surface area contributed by atoms with E-state index in [1.807, 2.05) is 0 Å². The molecule has 1 saturated carbocycles. The molecular weight excluding hydrogens is 188 g/mol. The molecule has 13 heavy (non-hydrogen) atoms. The lowest BCUT2D eigenvalue weighted by Gasteiger charge is -2.43. The van der Waals surface area contributed by atoms with Crippen molar-refractivity contribution in [2.24, 2.45) is 0 Å². The molecule has 0 aliphatic heterocycles. The molecule has 1 aliphatic carbocycles. The van der Waals surface area contributed by atoms with E-state index in [0.29, 0.717) is 0 Å². The topological polar surface area (TPSA) is 18.5 Å². The van der Waals surface area contributed by atoms with Gasteiger partial charge in [-0.15, -0.1) is 11.6 Å². The molecule has 0 saturated heterocycles. The first-order chi connectivity index (χ1) is 6.00. The zero-order valence-electron chi connectivity index (χ0n) is 8.84. The van der Waals surface area contributed by atoms with Crippen LogP contribution in [0.5, 0.6) is 0 Å². The molecule has 0 aromatic carbocycles. The van der Waals surface area contributed by atoms with Gasteiger partial charge in [-0.2, -0.15) is 0 Å². The van der Waals surface area contributed by atoms with Gasteiger partial charge in [0.05, 0.1) is 23.2 Å². The maximum absolute atomic E-state index is 5.98. The third-order valence-corrected chi connectivity index (χ3v) is 3.20. The summed E-state index contributed by atoms with van der Waals surface area (Å²) in [6, 6.07) is 0. The van der Waals surface area contributed by atoms with E-state index >= 15 is 0 Å². The number of methoxy groups -OCH3 is 1. The van der Waals surface area contributed by atoms with Crippen molar-refractivity contribution in [3.05, 3.63) is 0 Å². The summed E-state index contributed by atoms with van der Waals surface area (Å²) in [5, 5.41) is 0.127. The molecule has 1 fully saturated rings. The summed E-state index contributed by atoms with van der Waals surface area (Å²) in [7, 11) is 1.69. The van der Waals surface area contributed by atoms with Crippen LogP contribution in [-0.2, 0) is 9.47 Å². The van der Waals surface area contributed by atoms with Gasteiger partial charge in [0.1, 0.15) is 0 Å². The Kier molecular flexibility index (Phi) is 3.61. The molecule has 0 aromatic heterocycles. The Morgan fingerprint density at radius 2 is 2.08 bits per heavy atom. The molecule has 2 nitrogen and oxygen atoms in total.